The molecule has 2 rings (SSSR count). The Kier molecular flexibility index (Phi) is 3.52. The van der Waals surface area contributed by atoms with Crippen molar-refractivity contribution >= 4 is 5.91 Å². The maximum absolute atomic E-state index is 12.1. The monoisotopic (exact) mass is 223 g/mol. The molecule has 3 heteroatoms. The molecule has 1 aliphatic heterocycles. The second-order valence-corrected chi connectivity index (χ2v) is 4.91. The summed E-state index contributed by atoms with van der Waals surface area (Å²) in [6, 6.07) is 0.340. The van der Waals surface area contributed by atoms with Gasteiger partial charge in [0.2, 0.25) is 0 Å². The number of hydrogen-bond donors (Lipinski definition) is 0. The second-order valence-electron chi connectivity index (χ2n) is 4.91. The van der Waals surface area contributed by atoms with Crippen molar-refractivity contribution in [2.75, 3.05) is 13.7 Å². The first-order valence-electron chi connectivity index (χ1n) is 6.30. The molecule has 1 atom stereocenters. The first kappa shape index (κ1) is 11.5. The van der Waals surface area contributed by atoms with Gasteiger partial charge in [0.15, 0.2) is 5.76 Å². The van der Waals surface area contributed by atoms with Crippen molar-refractivity contribution in [3.63, 3.8) is 0 Å². The molecule has 90 valence electrons. The van der Waals surface area contributed by atoms with Gasteiger partial charge in [-0.1, -0.05) is 6.42 Å². The lowest BCUT2D eigenvalue weighted by molar-refractivity contribution is -0.133. The van der Waals surface area contributed by atoms with Gasteiger partial charge in [-0.2, -0.15) is 0 Å². The SMILES string of the molecule is C[C@@H](C1CCC1)N(C)C(=O)C1=CCCCO1. The Hall–Kier alpha value is -0.990. The maximum Gasteiger partial charge on any atom is 0.288 e. The molecule has 0 aromatic heterocycles. The fourth-order valence-electron chi connectivity index (χ4n) is 2.30. The minimum Gasteiger partial charge on any atom is -0.488 e. The number of carbonyl (C=O) groups is 1. The van der Waals surface area contributed by atoms with E-state index in [2.05, 4.69) is 6.92 Å². The number of hydrogen-bond acceptors (Lipinski definition) is 2. The molecule has 0 unspecified atom stereocenters. The van der Waals surface area contributed by atoms with Crippen molar-refractivity contribution in [2.24, 2.45) is 5.92 Å². The lowest BCUT2D eigenvalue weighted by Crippen LogP contribution is -2.43. The lowest BCUT2D eigenvalue weighted by atomic mass is 9.80. The molecular formula is C13H21NO2. The molecule has 1 fully saturated rings. The van der Waals surface area contributed by atoms with Crippen LogP contribution in [0.5, 0.6) is 0 Å². The van der Waals surface area contributed by atoms with Crippen molar-refractivity contribution < 1.29 is 9.53 Å². The zero-order chi connectivity index (χ0) is 11.5. The van der Waals surface area contributed by atoms with Crippen LogP contribution in [0.25, 0.3) is 0 Å². The third kappa shape index (κ3) is 2.23. The predicted octanol–water partition coefficient (Wildman–Crippen LogP) is 2.33. The predicted molar refractivity (Wildman–Crippen MR) is 62.8 cm³/mol. The molecule has 0 aromatic rings. The van der Waals surface area contributed by atoms with Crippen LogP contribution in [0.15, 0.2) is 11.8 Å². The summed E-state index contributed by atoms with van der Waals surface area (Å²) < 4.78 is 5.41. The van der Waals surface area contributed by atoms with Crippen molar-refractivity contribution in [3.8, 4) is 0 Å². The smallest absolute Gasteiger partial charge is 0.288 e. The summed E-state index contributed by atoms with van der Waals surface area (Å²) in [7, 11) is 1.89. The number of ether oxygens (including phenoxy) is 1. The molecule has 0 aromatic carbocycles. The Bertz CT molecular complexity index is 294. The molecule has 3 nitrogen and oxygen atoms in total. The van der Waals surface area contributed by atoms with E-state index in [-0.39, 0.29) is 5.91 Å². The molecule has 1 aliphatic carbocycles. The molecule has 0 bridgehead atoms. The Morgan fingerprint density at radius 2 is 2.25 bits per heavy atom. The van der Waals surface area contributed by atoms with Crippen molar-refractivity contribution in [1.82, 2.24) is 4.90 Å². The number of likely N-dealkylation sites (N-methyl/N-ethyl adjacent to an activating group) is 1. The Morgan fingerprint density at radius 3 is 2.75 bits per heavy atom. The highest BCUT2D eigenvalue weighted by Gasteiger charge is 2.30. The van der Waals surface area contributed by atoms with Crippen LogP contribution in [0.4, 0.5) is 0 Å². The van der Waals surface area contributed by atoms with E-state index in [4.69, 9.17) is 4.74 Å². The van der Waals surface area contributed by atoms with Gasteiger partial charge in [-0.05, 0) is 44.6 Å². The average Bonchev–Trinajstić information content (AvgIpc) is 2.26. The van der Waals surface area contributed by atoms with Crippen LogP contribution in [0.2, 0.25) is 0 Å². The van der Waals surface area contributed by atoms with Crippen LogP contribution in [-0.4, -0.2) is 30.5 Å². The van der Waals surface area contributed by atoms with Crippen LogP contribution in [0, 0.1) is 5.92 Å². The van der Waals surface area contributed by atoms with Gasteiger partial charge in [0.25, 0.3) is 5.91 Å². The first-order valence-corrected chi connectivity index (χ1v) is 6.30. The van der Waals surface area contributed by atoms with E-state index < -0.39 is 0 Å². The van der Waals surface area contributed by atoms with Gasteiger partial charge in [-0.15, -0.1) is 0 Å². The number of rotatable bonds is 3. The standard InChI is InChI=1S/C13H21NO2/c1-10(11-6-5-7-11)14(2)13(15)12-8-3-4-9-16-12/h8,10-11H,3-7,9H2,1-2H3/t10-/m0/s1. The summed E-state index contributed by atoms with van der Waals surface area (Å²) in [4.78, 5) is 14.0. The van der Waals surface area contributed by atoms with Gasteiger partial charge in [0.05, 0.1) is 6.61 Å². The van der Waals surface area contributed by atoms with Crippen molar-refractivity contribution in [2.45, 2.75) is 45.1 Å². The topological polar surface area (TPSA) is 29.5 Å². The van der Waals surface area contributed by atoms with E-state index in [0.29, 0.717) is 24.3 Å². The Labute approximate surface area is 97.5 Å². The normalized spacial score (nSPS) is 22.8. The summed E-state index contributed by atoms with van der Waals surface area (Å²) in [5.41, 5.74) is 0. The summed E-state index contributed by atoms with van der Waals surface area (Å²) in [6.07, 6.45) is 7.76. The van der Waals surface area contributed by atoms with Crippen LogP contribution < -0.4 is 0 Å². The number of allylic oxidation sites excluding steroid dienone is 1. The van der Waals surface area contributed by atoms with Crippen LogP contribution in [-0.2, 0) is 9.53 Å². The maximum atomic E-state index is 12.1. The lowest BCUT2D eigenvalue weighted by Gasteiger charge is -2.37. The van der Waals surface area contributed by atoms with Crippen LogP contribution >= 0.6 is 0 Å². The van der Waals surface area contributed by atoms with Crippen LogP contribution in [0.1, 0.15) is 39.0 Å². The molecule has 1 amide bonds. The average molecular weight is 223 g/mol. The van der Waals surface area contributed by atoms with Gasteiger partial charge in [0.1, 0.15) is 0 Å². The van der Waals surface area contributed by atoms with E-state index in [1.54, 1.807) is 0 Å². The molecule has 1 heterocycles. The largest absolute Gasteiger partial charge is 0.488 e. The molecule has 0 spiro atoms. The fraction of sp³-hybridized carbons (Fsp3) is 0.769. The zero-order valence-electron chi connectivity index (χ0n) is 10.2. The number of carbonyl (C=O) groups excluding carboxylic acids is 1. The van der Waals surface area contributed by atoms with E-state index in [9.17, 15) is 4.79 Å². The minimum absolute atomic E-state index is 0.0547. The summed E-state index contributed by atoms with van der Waals surface area (Å²) in [5.74, 6) is 1.30. The Balaban J connectivity index is 1.94. The van der Waals surface area contributed by atoms with E-state index in [1.807, 2.05) is 18.0 Å². The van der Waals surface area contributed by atoms with Gasteiger partial charge in [-0.25, -0.2) is 0 Å². The van der Waals surface area contributed by atoms with Crippen LogP contribution in [0.3, 0.4) is 0 Å². The van der Waals surface area contributed by atoms with Gasteiger partial charge < -0.3 is 9.64 Å². The first-order chi connectivity index (χ1) is 7.70. The molecule has 1 saturated carbocycles. The molecule has 16 heavy (non-hydrogen) atoms. The minimum atomic E-state index is 0.0547. The quantitative estimate of drug-likeness (QED) is 0.735. The highest BCUT2D eigenvalue weighted by molar-refractivity contribution is 5.91. The molecule has 2 aliphatic rings. The molecular weight excluding hydrogens is 202 g/mol. The zero-order valence-corrected chi connectivity index (χ0v) is 10.2. The van der Waals surface area contributed by atoms with Gasteiger partial charge >= 0.3 is 0 Å². The molecule has 0 N–H and O–H groups in total. The number of amides is 1. The van der Waals surface area contributed by atoms with E-state index in [0.717, 1.165) is 12.8 Å². The van der Waals surface area contributed by atoms with E-state index >= 15 is 0 Å². The van der Waals surface area contributed by atoms with Crippen molar-refractivity contribution in [1.29, 1.82) is 0 Å². The molecule has 0 saturated heterocycles. The third-order valence-electron chi connectivity index (χ3n) is 3.91. The summed E-state index contributed by atoms with van der Waals surface area (Å²) >= 11 is 0. The summed E-state index contributed by atoms with van der Waals surface area (Å²) in [5, 5.41) is 0. The van der Waals surface area contributed by atoms with Crippen molar-refractivity contribution in [3.05, 3.63) is 11.8 Å². The third-order valence-corrected chi connectivity index (χ3v) is 3.91. The van der Waals surface area contributed by atoms with Gasteiger partial charge in [-0.3, -0.25) is 4.79 Å². The number of nitrogens with zero attached hydrogens (tertiary/aromatic N) is 1. The highest BCUT2D eigenvalue weighted by Crippen LogP contribution is 2.32. The highest BCUT2D eigenvalue weighted by atomic mass is 16.5. The van der Waals surface area contributed by atoms with Gasteiger partial charge in [0, 0.05) is 13.1 Å². The summed E-state index contributed by atoms with van der Waals surface area (Å²) in [6.45, 7) is 2.83. The second kappa shape index (κ2) is 4.89. The molecule has 0 radical (unpaired) electrons. The Morgan fingerprint density at radius 1 is 1.50 bits per heavy atom. The fourth-order valence-corrected chi connectivity index (χ4v) is 2.30. The van der Waals surface area contributed by atoms with E-state index in [1.165, 1.54) is 19.3 Å².